The van der Waals surface area contributed by atoms with Gasteiger partial charge < -0.3 is 15.6 Å². The molecule has 3 aromatic heterocycles. The van der Waals surface area contributed by atoms with Gasteiger partial charge in [0.2, 0.25) is 5.95 Å². The first-order valence-electron chi connectivity index (χ1n) is 9.46. The summed E-state index contributed by atoms with van der Waals surface area (Å²) in [5.41, 5.74) is 8.01. The number of nitrogens with two attached hydrogens (primary N) is 1. The zero-order valence-corrected chi connectivity index (χ0v) is 18.2. The van der Waals surface area contributed by atoms with Gasteiger partial charge in [0, 0.05) is 29.5 Å². The average molecular weight is 419 g/mol. The second-order valence-corrected chi connectivity index (χ2v) is 10.1. The van der Waals surface area contributed by atoms with E-state index in [2.05, 4.69) is 30.7 Å². The van der Waals surface area contributed by atoms with E-state index in [1.54, 1.807) is 30.9 Å². The van der Waals surface area contributed by atoms with Crippen molar-refractivity contribution >= 4 is 23.2 Å². The Morgan fingerprint density at radius 2 is 2.07 bits per heavy atom. The summed E-state index contributed by atoms with van der Waals surface area (Å²) < 4.78 is 22.3. The Labute approximate surface area is 174 Å². The predicted octanol–water partition coefficient (Wildman–Crippen LogP) is 4.32. The van der Waals surface area contributed by atoms with Gasteiger partial charge in [0.05, 0.1) is 29.0 Å². The van der Waals surface area contributed by atoms with Gasteiger partial charge >= 0.3 is 0 Å². The normalized spacial score (nSPS) is 13.1. The standard InChI is InChI=1S/C21H27FN4O2S/c1-12(10-27)11-28-16-7-18-24-8-15(14-6-13(2)20(23)25-19(14)22)26(18)9-17(16)29-21(3,4)5/h6-9,12,27H,10-11H2,1-5H3,(H2,23,25)/t12-/m0/s1. The first-order valence-corrected chi connectivity index (χ1v) is 10.3. The van der Waals surface area contributed by atoms with Gasteiger partial charge in [0.1, 0.15) is 17.2 Å². The third kappa shape index (κ3) is 4.82. The molecule has 0 saturated carbocycles. The van der Waals surface area contributed by atoms with Gasteiger partial charge in [-0.05, 0) is 18.6 Å². The maximum absolute atomic E-state index is 14.5. The number of thioether (sulfide) groups is 1. The van der Waals surface area contributed by atoms with E-state index in [1.807, 2.05) is 23.6 Å². The fraction of sp³-hybridized carbons (Fsp3) is 0.429. The number of aryl methyl sites for hydroxylation is 1. The second kappa shape index (κ2) is 8.20. The number of ether oxygens (including phenoxy) is 1. The van der Waals surface area contributed by atoms with Crippen LogP contribution in [0.5, 0.6) is 5.75 Å². The van der Waals surface area contributed by atoms with E-state index >= 15 is 0 Å². The summed E-state index contributed by atoms with van der Waals surface area (Å²) in [5.74, 6) is 0.267. The molecule has 3 aromatic rings. The predicted molar refractivity (Wildman–Crippen MR) is 115 cm³/mol. The monoisotopic (exact) mass is 418 g/mol. The number of aromatic nitrogens is 3. The lowest BCUT2D eigenvalue weighted by Crippen LogP contribution is -2.14. The van der Waals surface area contributed by atoms with Crippen LogP contribution in [0.3, 0.4) is 0 Å². The number of anilines is 1. The largest absolute Gasteiger partial charge is 0.492 e. The van der Waals surface area contributed by atoms with Crippen molar-refractivity contribution in [2.24, 2.45) is 5.92 Å². The minimum Gasteiger partial charge on any atom is -0.492 e. The second-order valence-electron chi connectivity index (χ2n) is 8.22. The Bertz CT molecular complexity index is 1030. The fourth-order valence-corrected chi connectivity index (χ4v) is 3.81. The van der Waals surface area contributed by atoms with Crippen LogP contribution in [0.15, 0.2) is 29.4 Å². The highest BCUT2D eigenvalue weighted by Crippen LogP contribution is 2.39. The summed E-state index contributed by atoms with van der Waals surface area (Å²) >= 11 is 1.65. The Morgan fingerprint density at radius 1 is 1.34 bits per heavy atom. The third-order valence-electron chi connectivity index (χ3n) is 4.31. The average Bonchev–Trinajstić information content (AvgIpc) is 3.03. The number of hydrogen-bond acceptors (Lipinski definition) is 6. The Morgan fingerprint density at radius 3 is 2.72 bits per heavy atom. The molecule has 3 N–H and O–H groups in total. The van der Waals surface area contributed by atoms with E-state index in [-0.39, 0.29) is 23.1 Å². The first kappa shape index (κ1) is 21.4. The molecule has 6 nitrogen and oxygen atoms in total. The van der Waals surface area contributed by atoms with Gasteiger partial charge in [-0.25, -0.2) is 9.97 Å². The summed E-state index contributed by atoms with van der Waals surface area (Å²) in [4.78, 5) is 9.15. The number of hydrogen-bond donors (Lipinski definition) is 2. The summed E-state index contributed by atoms with van der Waals surface area (Å²) in [6.45, 7) is 10.5. The molecular formula is C21H27FN4O2S. The molecule has 156 valence electrons. The summed E-state index contributed by atoms with van der Waals surface area (Å²) in [6, 6.07) is 3.53. The molecule has 0 fully saturated rings. The summed E-state index contributed by atoms with van der Waals surface area (Å²) in [7, 11) is 0. The van der Waals surface area contributed by atoms with Crippen LogP contribution in [-0.2, 0) is 0 Å². The number of pyridine rings is 2. The molecule has 0 aliphatic rings. The number of imidazole rings is 1. The molecule has 3 heterocycles. The lowest BCUT2D eigenvalue weighted by atomic mass is 10.1. The maximum Gasteiger partial charge on any atom is 0.224 e. The SMILES string of the molecule is Cc1cc(-c2cnc3cc(OC[C@@H](C)CO)c(SC(C)(C)C)cn23)c(F)nc1N. The number of halogens is 1. The molecule has 0 aliphatic carbocycles. The Balaban J connectivity index is 2.12. The molecule has 0 aromatic carbocycles. The molecule has 0 bridgehead atoms. The van der Waals surface area contributed by atoms with Crippen molar-refractivity contribution in [3.05, 3.63) is 36.0 Å². The number of nitrogen functional groups attached to an aromatic ring is 1. The highest BCUT2D eigenvalue weighted by atomic mass is 32.2. The topological polar surface area (TPSA) is 85.7 Å². The smallest absolute Gasteiger partial charge is 0.224 e. The van der Waals surface area contributed by atoms with E-state index < -0.39 is 5.95 Å². The van der Waals surface area contributed by atoms with Gasteiger partial charge in [-0.3, -0.25) is 4.40 Å². The molecule has 0 saturated heterocycles. The quantitative estimate of drug-likeness (QED) is 0.458. The first-order chi connectivity index (χ1) is 13.6. The summed E-state index contributed by atoms with van der Waals surface area (Å²) in [5, 5.41) is 9.29. The highest BCUT2D eigenvalue weighted by Gasteiger charge is 2.20. The molecule has 3 rings (SSSR count). The number of rotatable bonds is 6. The molecule has 0 aliphatic heterocycles. The number of aliphatic hydroxyl groups excluding tert-OH is 1. The van der Waals surface area contributed by atoms with Crippen molar-refractivity contribution in [1.29, 1.82) is 0 Å². The highest BCUT2D eigenvalue weighted by molar-refractivity contribution is 8.00. The third-order valence-corrected chi connectivity index (χ3v) is 5.45. The molecular weight excluding hydrogens is 391 g/mol. The minimum absolute atomic E-state index is 0.0203. The van der Waals surface area contributed by atoms with Crippen LogP contribution in [0.4, 0.5) is 10.2 Å². The fourth-order valence-electron chi connectivity index (χ4n) is 2.77. The van der Waals surface area contributed by atoms with E-state index in [0.29, 0.717) is 34.8 Å². The molecule has 0 radical (unpaired) electrons. The van der Waals surface area contributed by atoms with Crippen molar-refractivity contribution in [1.82, 2.24) is 14.4 Å². The van der Waals surface area contributed by atoms with Crippen LogP contribution >= 0.6 is 11.8 Å². The Hall–Kier alpha value is -2.32. The molecule has 1 atom stereocenters. The minimum atomic E-state index is -0.628. The van der Waals surface area contributed by atoms with Gasteiger partial charge in [-0.15, -0.1) is 11.8 Å². The number of fused-ring (bicyclic) bond motifs is 1. The lowest BCUT2D eigenvalue weighted by molar-refractivity contribution is 0.172. The van der Waals surface area contributed by atoms with Crippen LogP contribution in [0.2, 0.25) is 0 Å². The van der Waals surface area contributed by atoms with Crippen molar-refractivity contribution in [2.45, 2.75) is 44.3 Å². The molecule has 0 amide bonds. The van der Waals surface area contributed by atoms with Crippen molar-refractivity contribution in [2.75, 3.05) is 18.9 Å². The molecule has 29 heavy (non-hydrogen) atoms. The zero-order chi connectivity index (χ0) is 21.3. The van der Waals surface area contributed by atoms with Gasteiger partial charge in [-0.2, -0.15) is 4.39 Å². The van der Waals surface area contributed by atoms with Crippen molar-refractivity contribution in [3.8, 4) is 17.0 Å². The van der Waals surface area contributed by atoms with Crippen LogP contribution in [0.1, 0.15) is 33.3 Å². The Kier molecular flexibility index (Phi) is 6.05. The van der Waals surface area contributed by atoms with Crippen LogP contribution in [0.25, 0.3) is 16.9 Å². The zero-order valence-electron chi connectivity index (χ0n) is 17.4. The van der Waals surface area contributed by atoms with Gasteiger partial charge in [0.25, 0.3) is 0 Å². The number of aliphatic hydroxyl groups is 1. The lowest BCUT2D eigenvalue weighted by Gasteiger charge is -2.21. The molecule has 0 spiro atoms. The van der Waals surface area contributed by atoms with Crippen LogP contribution in [-0.4, -0.2) is 37.4 Å². The molecule has 0 unspecified atom stereocenters. The van der Waals surface area contributed by atoms with Crippen LogP contribution in [0, 0.1) is 18.8 Å². The van der Waals surface area contributed by atoms with E-state index in [1.165, 1.54) is 0 Å². The van der Waals surface area contributed by atoms with E-state index in [0.717, 1.165) is 4.90 Å². The van der Waals surface area contributed by atoms with E-state index in [9.17, 15) is 9.50 Å². The van der Waals surface area contributed by atoms with E-state index in [4.69, 9.17) is 10.5 Å². The van der Waals surface area contributed by atoms with Crippen molar-refractivity contribution in [3.63, 3.8) is 0 Å². The molecule has 8 heteroatoms. The maximum atomic E-state index is 14.5. The van der Waals surface area contributed by atoms with Crippen LogP contribution < -0.4 is 10.5 Å². The summed E-state index contributed by atoms with van der Waals surface area (Å²) in [6.07, 6.45) is 3.54. The van der Waals surface area contributed by atoms with Gasteiger partial charge in [-0.1, -0.05) is 27.7 Å². The van der Waals surface area contributed by atoms with Gasteiger partial charge in [0.15, 0.2) is 0 Å². The number of nitrogens with zero attached hydrogens (tertiary/aromatic N) is 3. The van der Waals surface area contributed by atoms with Crippen molar-refractivity contribution < 1.29 is 14.2 Å².